The maximum atomic E-state index is 10.8. The van der Waals surface area contributed by atoms with Gasteiger partial charge in [0.15, 0.2) is 11.5 Å². The van der Waals surface area contributed by atoms with Gasteiger partial charge < -0.3 is 19.3 Å². The van der Waals surface area contributed by atoms with Crippen molar-refractivity contribution in [2.75, 3.05) is 26.8 Å². The van der Waals surface area contributed by atoms with Crippen molar-refractivity contribution in [2.45, 2.75) is 52.9 Å². The van der Waals surface area contributed by atoms with Crippen LogP contribution in [0.25, 0.3) is 11.3 Å². The van der Waals surface area contributed by atoms with Crippen LogP contribution in [0, 0.1) is 5.92 Å². The molecule has 2 aromatic carbocycles. The Labute approximate surface area is 215 Å². The molecule has 0 aliphatic rings. The molecule has 1 heterocycles. The Kier molecular flexibility index (Phi) is 9.54. The number of nitrogens with zero attached hydrogens (tertiary/aromatic N) is 3. The van der Waals surface area contributed by atoms with E-state index in [0.717, 1.165) is 23.4 Å². The highest BCUT2D eigenvalue weighted by Crippen LogP contribution is 2.37. The molecular formula is C29H41N3O4. The fourth-order valence-corrected chi connectivity index (χ4v) is 4.10. The van der Waals surface area contributed by atoms with Crippen LogP contribution in [0.4, 0.5) is 0 Å². The predicted octanol–water partition coefficient (Wildman–Crippen LogP) is 5.52. The van der Waals surface area contributed by atoms with Crippen LogP contribution in [0.2, 0.25) is 0 Å². The van der Waals surface area contributed by atoms with E-state index in [1.807, 2.05) is 70.3 Å². The number of ether oxygens (including phenoxy) is 3. The van der Waals surface area contributed by atoms with Gasteiger partial charge in [-0.15, -0.1) is 0 Å². The molecule has 0 unspecified atom stereocenters. The Morgan fingerprint density at radius 1 is 0.972 bits per heavy atom. The molecule has 3 aromatic rings. The summed E-state index contributed by atoms with van der Waals surface area (Å²) < 4.78 is 19.6. The van der Waals surface area contributed by atoms with Crippen LogP contribution < -0.4 is 9.47 Å². The first kappa shape index (κ1) is 27.7. The van der Waals surface area contributed by atoms with Crippen molar-refractivity contribution in [2.24, 2.45) is 13.0 Å². The van der Waals surface area contributed by atoms with Crippen molar-refractivity contribution < 1.29 is 19.3 Å². The Balaban J connectivity index is 1.97. The first-order chi connectivity index (χ1) is 17.1. The molecule has 0 fully saturated rings. The van der Waals surface area contributed by atoms with Gasteiger partial charge in [0.25, 0.3) is 0 Å². The first-order valence-electron chi connectivity index (χ1n) is 12.5. The van der Waals surface area contributed by atoms with Gasteiger partial charge in [-0.3, -0.25) is 4.90 Å². The summed E-state index contributed by atoms with van der Waals surface area (Å²) in [7, 11) is 3.52. The maximum absolute atomic E-state index is 10.8. The van der Waals surface area contributed by atoms with Gasteiger partial charge in [0, 0.05) is 32.2 Å². The predicted molar refractivity (Wildman–Crippen MR) is 144 cm³/mol. The minimum Gasteiger partial charge on any atom is -0.493 e. The highest BCUT2D eigenvalue weighted by Gasteiger charge is 2.25. The SMILES string of the molecule is COc1ccccc1Oc1c(CN(CC(C)C)C[C@@H](O)COC(C)(C)C)c(-c2ccccc2)nn1C. The topological polar surface area (TPSA) is 69.0 Å². The number of para-hydroxylation sites is 2. The summed E-state index contributed by atoms with van der Waals surface area (Å²) in [6, 6.07) is 17.7. The third-order valence-electron chi connectivity index (χ3n) is 5.59. The molecule has 0 aliphatic heterocycles. The van der Waals surface area contributed by atoms with Crippen LogP contribution >= 0.6 is 0 Å². The number of methoxy groups -OCH3 is 1. The molecule has 196 valence electrons. The van der Waals surface area contributed by atoms with Crippen LogP contribution in [0.1, 0.15) is 40.2 Å². The fourth-order valence-electron chi connectivity index (χ4n) is 4.10. The van der Waals surface area contributed by atoms with E-state index in [2.05, 4.69) is 30.9 Å². The quantitative estimate of drug-likeness (QED) is 0.357. The summed E-state index contributed by atoms with van der Waals surface area (Å²) in [4.78, 5) is 2.25. The van der Waals surface area contributed by atoms with Crippen molar-refractivity contribution in [3.05, 3.63) is 60.2 Å². The summed E-state index contributed by atoms with van der Waals surface area (Å²) in [5.41, 5.74) is 2.53. The van der Waals surface area contributed by atoms with Crippen molar-refractivity contribution >= 4 is 0 Å². The second-order valence-corrected chi connectivity index (χ2v) is 10.5. The molecule has 3 rings (SSSR count). The average molecular weight is 496 g/mol. The summed E-state index contributed by atoms with van der Waals surface area (Å²) in [6.45, 7) is 12.5. The molecule has 1 aromatic heterocycles. The average Bonchev–Trinajstić information content (AvgIpc) is 3.12. The molecular weight excluding hydrogens is 454 g/mol. The number of aryl methyl sites for hydroxylation is 1. The van der Waals surface area contributed by atoms with E-state index in [4.69, 9.17) is 19.3 Å². The first-order valence-corrected chi connectivity index (χ1v) is 12.5. The number of aliphatic hydroxyl groups is 1. The molecule has 1 N–H and O–H groups in total. The van der Waals surface area contributed by atoms with Crippen LogP contribution in [-0.4, -0.2) is 58.3 Å². The second kappa shape index (κ2) is 12.4. The van der Waals surface area contributed by atoms with E-state index in [-0.39, 0.29) is 12.2 Å². The third kappa shape index (κ3) is 7.82. The lowest BCUT2D eigenvalue weighted by Gasteiger charge is -2.29. The summed E-state index contributed by atoms with van der Waals surface area (Å²) in [6.07, 6.45) is -0.613. The molecule has 0 aliphatic carbocycles. The van der Waals surface area contributed by atoms with Gasteiger partial charge >= 0.3 is 0 Å². The minimum absolute atomic E-state index is 0.279. The number of hydrogen-bond donors (Lipinski definition) is 1. The smallest absolute Gasteiger partial charge is 0.222 e. The Hall–Kier alpha value is -2.87. The van der Waals surface area contributed by atoms with Gasteiger partial charge in [-0.1, -0.05) is 56.3 Å². The van der Waals surface area contributed by atoms with Crippen molar-refractivity contribution in [3.8, 4) is 28.6 Å². The summed E-state index contributed by atoms with van der Waals surface area (Å²) in [5, 5.41) is 15.7. The molecule has 0 radical (unpaired) electrons. The van der Waals surface area contributed by atoms with E-state index in [1.165, 1.54) is 0 Å². The van der Waals surface area contributed by atoms with Crippen molar-refractivity contribution in [1.29, 1.82) is 0 Å². The number of rotatable bonds is 12. The van der Waals surface area contributed by atoms with E-state index < -0.39 is 6.10 Å². The molecule has 0 amide bonds. The minimum atomic E-state index is -0.613. The highest BCUT2D eigenvalue weighted by molar-refractivity contribution is 5.66. The van der Waals surface area contributed by atoms with Gasteiger partial charge in [0.2, 0.25) is 5.88 Å². The van der Waals surface area contributed by atoms with Crippen LogP contribution in [-0.2, 0) is 18.3 Å². The molecule has 0 bridgehead atoms. The van der Waals surface area contributed by atoms with Crippen molar-refractivity contribution in [1.82, 2.24) is 14.7 Å². The van der Waals surface area contributed by atoms with Gasteiger partial charge in [-0.25, -0.2) is 4.68 Å². The second-order valence-electron chi connectivity index (χ2n) is 10.5. The van der Waals surface area contributed by atoms with E-state index in [1.54, 1.807) is 11.8 Å². The fraction of sp³-hybridized carbons (Fsp3) is 0.483. The van der Waals surface area contributed by atoms with Crippen LogP contribution in [0.5, 0.6) is 17.4 Å². The summed E-state index contributed by atoms with van der Waals surface area (Å²) in [5.74, 6) is 2.33. The van der Waals surface area contributed by atoms with E-state index in [0.29, 0.717) is 36.4 Å². The zero-order chi connectivity index (χ0) is 26.3. The molecule has 0 spiro atoms. The zero-order valence-corrected chi connectivity index (χ0v) is 22.7. The number of hydrogen-bond acceptors (Lipinski definition) is 6. The molecule has 1 atom stereocenters. The number of aliphatic hydroxyl groups excluding tert-OH is 1. The molecule has 0 saturated heterocycles. The number of benzene rings is 2. The van der Waals surface area contributed by atoms with Crippen LogP contribution in [0.3, 0.4) is 0 Å². The Morgan fingerprint density at radius 2 is 1.61 bits per heavy atom. The van der Waals surface area contributed by atoms with E-state index in [9.17, 15) is 5.11 Å². The summed E-state index contributed by atoms with van der Waals surface area (Å²) >= 11 is 0. The normalized spacial score (nSPS) is 12.8. The standard InChI is InChI=1S/C29H41N3O4/c1-21(2)17-32(18-23(33)20-35-29(3,4)5)19-24-27(22-13-9-8-10-14-22)30-31(6)28(24)36-26-16-12-11-15-25(26)34-7/h8-16,21,23,33H,17-20H2,1-7H3/t23-/m1/s1. The Bertz CT molecular complexity index is 1090. The largest absolute Gasteiger partial charge is 0.493 e. The molecule has 0 saturated carbocycles. The van der Waals surface area contributed by atoms with Crippen LogP contribution in [0.15, 0.2) is 54.6 Å². The number of aromatic nitrogens is 2. The van der Waals surface area contributed by atoms with Crippen molar-refractivity contribution in [3.63, 3.8) is 0 Å². The lowest BCUT2D eigenvalue weighted by Crippen LogP contribution is -2.38. The Morgan fingerprint density at radius 3 is 2.22 bits per heavy atom. The monoisotopic (exact) mass is 495 g/mol. The maximum Gasteiger partial charge on any atom is 0.222 e. The molecule has 36 heavy (non-hydrogen) atoms. The zero-order valence-electron chi connectivity index (χ0n) is 22.7. The van der Waals surface area contributed by atoms with Gasteiger partial charge in [-0.2, -0.15) is 5.10 Å². The van der Waals surface area contributed by atoms with E-state index >= 15 is 0 Å². The van der Waals surface area contributed by atoms with Gasteiger partial charge in [0.1, 0.15) is 5.69 Å². The molecule has 7 nitrogen and oxygen atoms in total. The highest BCUT2D eigenvalue weighted by atomic mass is 16.5. The third-order valence-corrected chi connectivity index (χ3v) is 5.59. The van der Waals surface area contributed by atoms with Gasteiger partial charge in [-0.05, 0) is 38.8 Å². The molecule has 7 heteroatoms. The lowest BCUT2D eigenvalue weighted by atomic mass is 10.1. The lowest BCUT2D eigenvalue weighted by molar-refractivity contribution is -0.0573. The van der Waals surface area contributed by atoms with Gasteiger partial charge in [0.05, 0.1) is 31.0 Å².